The monoisotopic (exact) mass is 557 g/mol. The molecule has 0 aromatic heterocycles. The van der Waals surface area contributed by atoms with E-state index in [9.17, 15) is 17.6 Å². The Hall–Kier alpha value is -1.43. The first-order valence-electron chi connectivity index (χ1n) is 14.8. The van der Waals surface area contributed by atoms with Crippen molar-refractivity contribution in [2.24, 2.45) is 23.7 Å². The molecule has 9 unspecified atom stereocenters. The third kappa shape index (κ3) is 5.57. The van der Waals surface area contributed by atoms with Crippen molar-refractivity contribution in [3.8, 4) is 0 Å². The summed E-state index contributed by atoms with van der Waals surface area (Å²) in [5.74, 6) is 1.03. The van der Waals surface area contributed by atoms with Crippen LogP contribution in [0.5, 0.6) is 0 Å². The molecule has 0 aromatic carbocycles. The van der Waals surface area contributed by atoms with E-state index in [-0.39, 0.29) is 54.9 Å². The quantitative estimate of drug-likeness (QED) is 0.305. The number of allylic oxidation sites excluding steroid dienone is 1. The lowest BCUT2D eigenvalue weighted by Gasteiger charge is -2.48. The molecule has 4 N–H and O–H groups in total. The zero-order chi connectivity index (χ0) is 28.2. The van der Waals surface area contributed by atoms with Crippen molar-refractivity contribution in [2.45, 2.75) is 108 Å². The van der Waals surface area contributed by atoms with Gasteiger partial charge in [0.05, 0.1) is 18.4 Å². The van der Waals surface area contributed by atoms with Gasteiger partial charge < -0.3 is 9.80 Å². The molecule has 2 saturated carbocycles. The Morgan fingerprint density at radius 1 is 1.03 bits per heavy atom. The predicted octanol–water partition coefficient (Wildman–Crippen LogP) is 3.70. The summed E-state index contributed by atoms with van der Waals surface area (Å²) in [6.07, 6.45) is 0.656. The molecule has 5 aliphatic rings. The summed E-state index contributed by atoms with van der Waals surface area (Å²) in [5.41, 5.74) is 0.902. The molecule has 2 aliphatic carbocycles. The number of halogens is 4. The van der Waals surface area contributed by atoms with E-state index in [2.05, 4.69) is 34.4 Å². The number of fused-ring (bicyclic) bond motifs is 1. The molecule has 0 amide bonds. The van der Waals surface area contributed by atoms with Crippen LogP contribution in [0.25, 0.3) is 0 Å². The summed E-state index contributed by atoms with van der Waals surface area (Å²) < 4.78 is 54.8. The molecule has 9 atom stereocenters. The van der Waals surface area contributed by atoms with Crippen LogP contribution >= 0.6 is 0 Å². The highest BCUT2D eigenvalue weighted by atomic mass is 19.4. The minimum absolute atomic E-state index is 0.00385. The maximum Gasteiger partial charge on any atom is 0.405 e. The van der Waals surface area contributed by atoms with Crippen LogP contribution in [-0.4, -0.2) is 96.8 Å². The van der Waals surface area contributed by atoms with E-state index in [4.69, 9.17) is 5.41 Å². The highest BCUT2D eigenvalue weighted by molar-refractivity contribution is 5.80. The number of guanidine groups is 1. The van der Waals surface area contributed by atoms with Gasteiger partial charge in [0.25, 0.3) is 0 Å². The summed E-state index contributed by atoms with van der Waals surface area (Å²) in [6.45, 7) is 8.98. The molecule has 3 aliphatic heterocycles. The van der Waals surface area contributed by atoms with E-state index in [1.54, 1.807) is 7.05 Å². The molecule has 39 heavy (non-hydrogen) atoms. The number of nitrogens with zero attached hydrogens (tertiary/aromatic N) is 3. The highest BCUT2D eigenvalue weighted by Gasteiger charge is 2.52. The van der Waals surface area contributed by atoms with Crippen LogP contribution in [0, 0.1) is 29.1 Å². The summed E-state index contributed by atoms with van der Waals surface area (Å²) in [6, 6.07) is -1.23. The molecule has 5 rings (SSSR count). The Morgan fingerprint density at radius 2 is 1.72 bits per heavy atom. The Morgan fingerprint density at radius 3 is 2.33 bits per heavy atom. The second kappa shape index (κ2) is 11.1. The van der Waals surface area contributed by atoms with E-state index in [0.717, 1.165) is 50.6 Å². The summed E-state index contributed by atoms with van der Waals surface area (Å²) in [7, 11) is 3.76. The van der Waals surface area contributed by atoms with Gasteiger partial charge in [-0.05, 0) is 77.2 Å². The number of hydrogen-bond acceptors (Lipinski definition) is 5. The maximum absolute atomic E-state index is 15.0. The molecule has 7 nitrogen and oxygen atoms in total. The molecule has 0 bridgehead atoms. The van der Waals surface area contributed by atoms with Crippen molar-refractivity contribution >= 4 is 5.96 Å². The van der Waals surface area contributed by atoms with Gasteiger partial charge in [0.15, 0.2) is 5.96 Å². The molecule has 5 fully saturated rings. The first kappa shape index (κ1) is 29.1. The van der Waals surface area contributed by atoms with Crippen LogP contribution in [0.4, 0.5) is 17.6 Å². The van der Waals surface area contributed by atoms with Crippen molar-refractivity contribution in [1.29, 1.82) is 5.41 Å². The number of alkyl halides is 4. The molecule has 0 radical (unpaired) electrons. The van der Waals surface area contributed by atoms with Crippen LogP contribution in [0.1, 0.15) is 58.8 Å². The Labute approximate surface area is 230 Å². The Balaban J connectivity index is 1.23. The van der Waals surface area contributed by atoms with Crippen LogP contribution in [0.2, 0.25) is 0 Å². The molecule has 0 spiro atoms. The Bertz CT molecular complexity index is 907. The van der Waals surface area contributed by atoms with Gasteiger partial charge in [-0.25, -0.2) is 4.39 Å². The first-order valence-corrected chi connectivity index (χ1v) is 14.8. The number of hydrogen-bond donors (Lipinski definition) is 4. The molecule has 11 heteroatoms. The molecule has 3 saturated heterocycles. The number of rotatable bonds is 5. The first-order chi connectivity index (χ1) is 18.4. The fourth-order valence-corrected chi connectivity index (χ4v) is 8.40. The van der Waals surface area contributed by atoms with Crippen LogP contribution in [0.3, 0.4) is 0 Å². The zero-order valence-electron chi connectivity index (χ0n) is 23.8. The molecule has 222 valence electrons. The normalized spacial score (nSPS) is 44.1. The second-order valence-corrected chi connectivity index (χ2v) is 13.0. The number of nitrogens with one attached hydrogen (secondary N) is 4. The third-order valence-electron chi connectivity index (χ3n) is 10.4. The predicted molar refractivity (Wildman–Crippen MR) is 145 cm³/mol. The summed E-state index contributed by atoms with van der Waals surface area (Å²) >= 11 is 0. The summed E-state index contributed by atoms with van der Waals surface area (Å²) in [4.78, 5) is 6.05. The van der Waals surface area contributed by atoms with E-state index in [1.807, 2.05) is 23.8 Å². The largest absolute Gasteiger partial charge is 0.405 e. The average molecular weight is 558 g/mol. The van der Waals surface area contributed by atoms with Crippen molar-refractivity contribution in [3.63, 3.8) is 0 Å². The molecule has 0 aromatic rings. The lowest BCUT2D eigenvalue weighted by molar-refractivity contribution is -0.150. The zero-order valence-corrected chi connectivity index (χ0v) is 23.8. The average Bonchev–Trinajstić information content (AvgIpc) is 3.38. The minimum atomic E-state index is -4.22. The van der Waals surface area contributed by atoms with Gasteiger partial charge in [-0.2, -0.15) is 13.2 Å². The second-order valence-electron chi connectivity index (χ2n) is 13.0. The van der Waals surface area contributed by atoms with Crippen LogP contribution in [0.15, 0.2) is 12.2 Å². The summed E-state index contributed by atoms with van der Waals surface area (Å²) in [5, 5.41) is 19.3. The van der Waals surface area contributed by atoms with Crippen molar-refractivity contribution in [1.82, 2.24) is 30.7 Å². The molecule has 3 heterocycles. The van der Waals surface area contributed by atoms with Gasteiger partial charge in [0.1, 0.15) is 18.4 Å². The van der Waals surface area contributed by atoms with Crippen LogP contribution < -0.4 is 16.0 Å². The smallest absolute Gasteiger partial charge is 0.338 e. The van der Waals surface area contributed by atoms with Gasteiger partial charge in [0.2, 0.25) is 0 Å². The molecular weight excluding hydrogens is 510 g/mol. The SMILES string of the molecule is C=C(C)C1C(F)CCCC1C1NC(C)C2C(N1)N(CC1CCC(C3NC(C(F)(F)F)CN3C)CC1)C(=N)N2C. The molecular formula is C28H47F4N7. The van der Waals surface area contributed by atoms with Gasteiger partial charge in [-0.3, -0.25) is 26.3 Å². The standard InChI is InChI=1S/C28H47F4N7/c1-15(2)22-19(7-6-8-20(22)29)24-34-16(3)23-26(36-24)39(27(33)38(23)5)13-17-9-11-18(12-10-17)25-35-21(14-37(25)4)28(30,31)32/h16-26,33-36H,1,6-14H2,2-5H3. The maximum atomic E-state index is 15.0. The topological polar surface area (TPSA) is 69.7 Å². The number of likely N-dealkylation sites (N-methyl/N-ethyl adjacent to an activating group) is 2. The van der Waals surface area contributed by atoms with Gasteiger partial charge in [-0.15, -0.1) is 0 Å². The van der Waals surface area contributed by atoms with Crippen molar-refractivity contribution in [3.05, 3.63) is 12.2 Å². The van der Waals surface area contributed by atoms with Gasteiger partial charge in [-0.1, -0.05) is 18.6 Å². The van der Waals surface area contributed by atoms with Gasteiger partial charge >= 0.3 is 6.18 Å². The van der Waals surface area contributed by atoms with E-state index in [1.165, 1.54) is 0 Å². The van der Waals surface area contributed by atoms with E-state index in [0.29, 0.717) is 18.3 Å². The van der Waals surface area contributed by atoms with Gasteiger partial charge in [0, 0.05) is 32.1 Å². The Kier molecular flexibility index (Phi) is 8.27. The van der Waals surface area contributed by atoms with E-state index >= 15 is 0 Å². The minimum Gasteiger partial charge on any atom is -0.338 e. The van der Waals surface area contributed by atoms with E-state index < -0.39 is 18.4 Å². The lowest BCUT2D eigenvalue weighted by Crippen LogP contribution is -2.71. The fraction of sp³-hybridized carbons (Fsp3) is 0.893. The van der Waals surface area contributed by atoms with Crippen molar-refractivity contribution < 1.29 is 17.6 Å². The highest BCUT2D eigenvalue weighted by Crippen LogP contribution is 2.41. The van der Waals surface area contributed by atoms with Crippen molar-refractivity contribution in [2.75, 3.05) is 27.2 Å². The third-order valence-corrected chi connectivity index (χ3v) is 10.4. The lowest BCUT2D eigenvalue weighted by atomic mass is 9.72. The van der Waals surface area contributed by atoms with Crippen LogP contribution in [-0.2, 0) is 0 Å². The fourth-order valence-electron chi connectivity index (χ4n) is 8.40.